The van der Waals surface area contributed by atoms with Gasteiger partial charge in [-0.15, -0.1) is 0 Å². The van der Waals surface area contributed by atoms with Crippen LogP contribution in [-0.4, -0.2) is 11.3 Å². The molecule has 3 nitrogen and oxygen atoms in total. The van der Waals surface area contributed by atoms with E-state index in [0.717, 1.165) is 30.2 Å². The zero-order chi connectivity index (χ0) is 9.60. The molecule has 2 aromatic rings. The van der Waals surface area contributed by atoms with Crippen LogP contribution in [0.25, 0.3) is 11.1 Å². The number of aldehydes is 1. The van der Waals surface area contributed by atoms with Gasteiger partial charge in [-0.3, -0.25) is 0 Å². The van der Waals surface area contributed by atoms with Gasteiger partial charge in [-0.05, 0) is 25.0 Å². The Kier molecular flexibility index (Phi) is 1.35. The zero-order valence-corrected chi connectivity index (χ0v) is 7.56. The Morgan fingerprint density at radius 1 is 1.36 bits per heavy atom. The van der Waals surface area contributed by atoms with Crippen LogP contribution in [0.3, 0.4) is 0 Å². The standard InChI is InChI=1S/C11H9NO2/c13-7-11(5-6-11)10-12-8-3-1-2-4-9(8)14-10/h1-4,7H,5-6H2. The number of hydrogen-bond acceptors (Lipinski definition) is 3. The quantitative estimate of drug-likeness (QED) is 0.676. The molecule has 0 aliphatic heterocycles. The van der Waals surface area contributed by atoms with E-state index in [1.165, 1.54) is 0 Å². The van der Waals surface area contributed by atoms with Gasteiger partial charge in [0.1, 0.15) is 17.2 Å². The Bertz CT molecular complexity index is 464. The van der Waals surface area contributed by atoms with Gasteiger partial charge in [0.05, 0.1) is 0 Å². The highest BCUT2D eigenvalue weighted by atomic mass is 16.4. The first-order valence-electron chi connectivity index (χ1n) is 4.66. The van der Waals surface area contributed by atoms with Crippen molar-refractivity contribution in [2.75, 3.05) is 0 Å². The molecule has 14 heavy (non-hydrogen) atoms. The summed E-state index contributed by atoms with van der Waals surface area (Å²) in [5, 5.41) is 0. The number of fused-ring (bicyclic) bond motifs is 1. The van der Waals surface area contributed by atoms with Crippen molar-refractivity contribution in [3.05, 3.63) is 30.2 Å². The number of oxazole rings is 1. The van der Waals surface area contributed by atoms with E-state index in [9.17, 15) is 4.79 Å². The van der Waals surface area contributed by atoms with Crippen LogP contribution in [0.5, 0.6) is 0 Å². The van der Waals surface area contributed by atoms with Crippen molar-refractivity contribution in [3.63, 3.8) is 0 Å². The molecule has 0 bridgehead atoms. The summed E-state index contributed by atoms with van der Waals surface area (Å²) in [5.41, 5.74) is 1.19. The molecule has 0 unspecified atom stereocenters. The van der Waals surface area contributed by atoms with Gasteiger partial charge >= 0.3 is 0 Å². The van der Waals surface area contributed by atoms with Crippen molar-refractivity contribution < 1.29 is 9.21 Å². The number of nitrogens with zero attached hydrogens (tertiary/aromatic N) is 1. The Balaban J connectivity index is 2.19. The van der Waals surface area contributed by atoms with Crippen LogP contribution in [0.4, 0.5) is 0 Å². The van der Waals surface area contributed by atoms with Gasteiger partial charge < -0.3 is 9.21 Å². The fourth-order valence-corrected chi connectivity index (χ4v) is 1.60. The molecule has 1 heterocycles. The molecule has 3 heteroatoms. The Hall–Kier alpha value is -1.64. The summed E-state index contributed by atoms with van der Waals surface area (Å²) in [6, 6.07) is 7.57. The maximum Gasteiger partial charge on any atom is 0.208 e. The van der Waals surface area contributed by atoms with E-state index in [1.54, 1.807) is 0 Å². The summed E-state index contributed by atoms with van der Waals surface area (Å²) in [6.07, 6.45) is 2.68. The number of carbonyl (C=O) groups excluding carboxylic acids is 1. The fourth-order valence-electron chi connectivity index (χ4n) is 1.60. The molecule has 70 valence electrons. The summed E-state index contributed by atoms with van der Waals surface area (Å²) in [7, 11) is 0. The molecule has 0 spiro atoms. The molecule has 1 aliphatic carbocycles. The summed E-state index contributed by atoms with van der Waals surface area (Å²) in [5.74, 6) is 0.578. The van der Waals surface area contributed by atoms with E-state index in [0.29, 0.717) is 5.89 Å². The van der Waals surface area contributed by atoms with Crippen LogP contribution in [0, 0.1) is 0 Å². The van der Waals surface area contributed by atoms with Crippen molar-refractivity contribution in [1.82, 2.24) is 4.98 Å². The van der Waals surface area contributed by atoms with E-state index >= 15 is 0 Å². The third-order valence-electron chi connectivity index (χ3n) is 2.73. The van der Waals surface area contributed by atoms with E-state index < -0.39 is 5.41 Å². The second kappa shape index (κ2) is 2.44. The maximum absolute atomic E-state index is 10.9. The number of rotatable bonds is 2. The van der Waals surface area contributed by atoms with Gasteiger partial charge in [0, 0.05) is 0 Å². The monoisotopic (exact) mass is 187 g/mol. The number of carbonyl (C=O) groups is 1. The highest BCUT2D eigenvalue weighted by molar-refractivity contribution is 5.76. The van der Waals surface area contributed by atoms with Crippen LogP contribution in [0.1, 0.15) is 18.7 Å². The minimum absolute atomic E-state index is 0.404. The van der Waals surface area contributed by atoms with Crippen molar-refractivity contribution in [3.8, 4) is 0 Å². The molecule has 0 amide bonds. The smallest absolute Gasteiger partial charge is 0.208 e. The lowest BCUT2D eigenvalue weighted by Gasteiger charge is -1.97. The Morgan fingerprint density at radius 3 is 2.79 bits per heavy atom. The summed E-state index contributed by atoms with van der Waals surface area (Å²) >= 11 is 0. The van der Waals surface area contributed by atoms with Crippen molar-refractivity contribution >= 4 is 17.4 Å². The number of benzene rings is 1. The van der Waals surface area contributed by atoms with Gasteiger partial charge in [0.25, 0.3) is 0 Å². The lowest BCUT2D eigenvalue weighted by Crippen LogP contribution is -2.07. The average Bonchev–Trinajstić information content (AvgIpc) is 2.91. The first-order chi connectivity index (χ1) is 6.84. The zero-order valence-electron chi connectivity index (χ0n) is 7.56. The third kappa shape index (κ3) is 0.923. The minimum atomic E-state index is -0.404. The number of hydrogen-bond donors (Lipinski definition) is 0. The van der Waals surface area contributed by atoms with Crippen LogP contribution < -0.4 is 0 Å². The van der Waals surface area contributed by atoms with Gasteiger partial charge in [0.2, 0.25) is 5.89 Å². The summed E-state index contributed by atoms with van der Waals surface area (Å²) in [4.78, 5) is 15.2. The summed E-state index contributed by atoms with van der Waals surface area (Å²) < 4.78 is 5.54. The van der Waals surface area contributed by atoms with Gasteiger partial charge in [-0.25, -0.2) is 4.98 Å². The lowest BCUT2D eigenvalue weighted by molar-refractivity contribution is -0.110. The predicted octanol–water partition coefficient (Wildman–Crippen LogP) is 2.06. The first-order valence-corrected chi connectivity index (χ1v) is 4.66. The molecular formula is C11H9NO2. The topological polar surface area (TPSA) is 43.1 Å². The molecule has 1 aliphatic rings. The van der Waals surface area contributed by atoms with E-state index in [-0.39, 0.29) is 0 Å². The highest BCUT2D eigenvalue weighted by Gasteiger charge is 2.49. The molecule has 1 aromatic heterocycles. The average molecular weight is 187 g/mol. The normalized spacial score (nSPS) is 18.3. The Morgan fingerprint density at radius 2 is 2.14 bits per heavy atom. The molecule has 0 radical (unpaired) electrons. The highest BCUT2D eigenvalue weighted by Crippen LogP contribution is 2.46. The van der Waals surface area contributed by atoms with Crippen molar-refractivity contribution in [1.29, 1.82) is 0 Å². The SMILES string of the molecule is O=CC1(c2nc3ccccc3o2)CC1. The molecule has 3 rings (SSSR count). The van der Waals surface area contributed by atoms with Crippen LogP contribution in [-0.2, 0) is 10.2 Å². The van der Waals surface area contributed by atoms with Gasteiger partial charge in [-0.1, -0.05) is 12.1 Å². The van der Waals surface area contributed by atoms with Crippen LogP contribution in [0.15, 0.2) is 28.7 Å². The van der Waals surface area contributed by atoms with Gasteiger partial charge in [-0.2, -0.15) is 0 Å². The Labute approximate surface area is 80.7 Å². The first kappa shape index (κ1) is 7.74. The second-order valence-electron chi connectivity index (χ2n) is 3.76. The number of para-hydroxylation sites is 2. The minimum Gasteiger partial charge on any atom is -0.440 e. The van der Waals surface area contributed by atoms with E-state index in [1.807, 2.05) is 24.3 Å². The maximum atomic E-state index is 10.9. The molecule has 0 N–H and O–H groups in total. The van der Waals surface area contributed by atoms with Crippen molar-refractivity contribution in [2.45, 2.75) is 18.3 Å². The van der Waals surface area contributed by atoms with Gasteiger partial charge in [0.15, 0.2) is 5.58 Å². The molecule has 0 atom stereocenters. The van der Waals surface area contributed by atoms with E-state index in [4.69, 9.17) is 4.42 Å². The van der Waals surface area contributed by atoms with Crippen LogP contribution in [0.2, 0.25) is 0 Å². The molecule has 1 saturated carbocycles. The largest absolute Gasteiger partial charge is 0.440 e. The molecule has 1 aromatic carbocycles. The molecular weight excluding hydrogens is 178 g/mol. The lowest BCUT2D eigenvalue weighted by atomic mass is 10.1. The predicted molar refractivity (Wildman–Crippen MR) is 51.0 cm³/mol. The second-order valence-corrected chi connectivity index (χ2v) is 3.76. The molecule has 1 fully saturated rings. The fraction of sp³-hybridized carbons (Fsp3) is 0.273. The van der Waals surface area contributed by atoms with Crippen molar-refractivity contribution in [2.24, 2.45) is 0 Å². The molecule has 0 saturated heterocycles. The van der Waals surface area contributed by atoms with E-state index in [2.05, 4.69) is 4.98 Å². The summed E-state index contributed by atoms with van der Waals surface area (Å²) in [6.45, 7) is 0. The number of aromatic nitrogens is 1. The third-order valence-corrected chi connectivity index (χ3v) is 2.73. The van der Waals surface area contributed by atoms with Crippen LogP contribution >= 0.6 is 0 Å².